The van der Waals surface area contributed by atoms with Crippen molar-refractivity contribution in [1.82, 2.24) is 4.98 Å². The summed E-state index contributed by atoms with van der Waals surface area (Å²) in [6, 6.07) is 6.12. The van der Waals surface area contributed by atoms with Gasteiger partial charge in [0.15, 0.2) is 5.13 Å². The van der Waals surface area contributed by atoms with Gasteiger partial charge < -0.3 is 10.5 Å². The topological polar surface area (TPSA) is 48.1 Å². The van der Waals surface area contributed by atoms with Gasteiger partial charge in [0, 0.05) is 10.9 Å². The minimum Gasteiger partial charge on any atom is -0.496 e. The van der Waals surface area contributed by atoms with Crippen molar-refractivity contribution in [2.75, 3.05) is 12.8 Å². The molecule has 3 nitrogen and oxygen atoms in total. The van der Waals surface area contributed by atoms with Crippen LogP contribution in [0.4, 0.5) is 5.13 Å². The lowest BCUT2D eigenvalue weighted by Crippen LogP contribution is -1.95. The zero-order chi connectivity index (χ0) is 12.4. The fraction of sp³-hybridized carbons (Fsp3) is 0.308. The molecule has 1 heterocycles. The molecule has 4 heteroatoms. The van der Waals surface area contributed by atoms with Crippen LogP contribution in [0.5, 0.6) is 5.75 Å². The summed E-state index contributed by atoms with van der Waals surface area (Å²) < 4.78 is 5.36. The number of thiazole rings is 1. The van der Waals surface area contributed by atoms with Crippen molar-refractivity contribution in [2.24, 2.45) is 0 Å². The fourth-order valence-electron chi connectivity index (χ4n) is 1.77. The molecule has 2 aromatic rings. The van der Waals surface area contributed by atoms with Gasteiger partial charge in [0.2, 0.25) is 0 Å². The Hall–Kier alpha value is -1.55. The maximum atomic E-state index is 5.65. The van der Waals surface area contributed by atoms with Gasteiger partial charge in [0.05, 0.1) is 12.8 Å². The number of nitrogen functional groups attached to an aromatic ring is 1. The Labute approximate surface area is 105 Å². The van der Waals surface area contributed by atoms with Crippen molar-refractivity contribution in [3.8, 4) is 17.0 Å². The van der Waals surface area contributed by atoms with E-state index in [2.05, 4.69) is 24.9 Å². The van der Waals surface area contributed by atoms with E-state index in [0.717, 1.165) is 17.0 Å². The number of hydrogen-bond acceptors (Lipinski definition) is 4. The summed E-state index contributed by atoms with van der Waals surface area (Å²) in [5.41, 5.74) is 8.86. The van der Waals surface area contributed by atoms with Crippen molar-refractivity contribution in [1.29, 1.82) is 0 Å². The number of nitrogens with two attached hydrogens (primary N) is 1. The second-order valence-corrected chi connectivity index (χ2v) is 5.07. The summed E-state index contributed by atoms with van der Waals surface area (Å²) in [6.45, 7) is 4.30. The van der Waals surface area contributed by atoms with Gasteiger partial charge >= 0.3 is 0 Å². The number of methoxy groups -OCH3 is 1. The van der Waals surface area contributed by atoms with Crippen LogP contribution in [0.1, 0.15) is 25.3 Å². The van der Waals surface area contributed by atoms with Gasteiger partial charge in [-0.25, -0.2) is 4.98 Å². The molecule has 17 heavy (non-hydrogen) atoms. The molecular weight excluding hydrogens is 232 g/mol. The minimum absolute atomic E-state index is 0.417. The molecule has 0 unspecified atom stereocenters. The molecule has 1 aromatic carbocycles. The van der Waals surface area contributed by atoms with Crippen LogP contribution in [-0.4, -0.2) is 12.1 Å². The van der Waals surface area contributed by atoms with E-state index < -0.39 is 0 Å². The fourth-order valence-corrected chi connectivity index (χ4v) is 2.34. The van der Waals surface area contributed by atoms with Crippen LogP contribution in [0.15, 0.2) is 23.6 Å². The minimum atomic E-state index is 0.417. The van der Waals surface area contributed by atoms with Gasteiger partial charge in [-0.1, -0.05) is 13.8 Å². The largest absolute Gasteiger partial charge is 0.496 e. The average Bonchev–Trinajstić information content (AvgIpc) is 2.75. The van der Waals surface area contributed by atoms with Crippen LogP contribution in [-0.2, 0) is 0 Å². The number of anilines is 1. The molecule has 2 rings (SSSR count). The van der Waals surface area contributed by atoms with E-state index >= 15 is 0 Å². The summed E-state index contributed by atoms with van der Waals surface area (Å²) in [7, 11) is 1.70. The molecule has 90 valence electrons. The average molecular weight is 248 g/mol. The highest BCUT2D eigenvalue weighted by Gasteiger charge is 2.10. The van der Waals surface area contributed by atoms with Gasteiger partial charge in [-0.2, -0.15) is 0 Å². The lowest BCUT2D eigenvalue weighted by Gasteiger charge is -2.12. The van der Waals surface area contributed by atoms with Crippen LogP contribution in [0.2, 0.25) is 0 Å². The molecule has 0 saturated heterocycles. The Bertz CT molecular complexity index is 520. The molecule has 0 bridgehead atoms. The first-order valence-corrected chi connectivity index (χ1v) is 6.39. The van der Waals surface area contributed by atoms with Gasteiger partial charge in [-0.05, 0) is 29.7 Å². The maximum absolute atomic E-state index is 5.65. The Kier molecular flexibility index (Phi) is 3.33. The van der Waals surface area contributed by atoms with Crippen LogP contribution in [0, 0.1) is 0 Å². The first-order valence-electron chi connectivity index (χ1n) is 5.51. The molecule has 0 fully saturated rings. The quantitative estimate of drug-likeness (QED) is 0.904. The normalized spacial score (nSPS) is 10.8. The van der Waals surface area contributed by atoms with E-state index in [0.29, 0.717) is 11.0 Å². The second-order valence-electron chi connectivity index (χ2n) is 4.18. The van der Waals surface area contributed by atoms with Gasteiger partial charge in [-0.3, -0.25) is 0 Å². The Morgan fingerprint density at radius 3 is 2.65 bits per heavy atom. The summed E-state index contributed by atoms with van der Waals surface area (Å²) in [5, 5.41) is 2.57. The van der Waals surface area contributed by atoms with Gasteiger partial charge in [-0.15, -0.1) is 11.3 Å². The standard InChI is InChI=1S/C13H16N2OS/c1-8(2)10-6-9(4-5-12(10)16-3)11-7-17-13(14)15-11/h4-8H,1-3H3,(H2,14,15). The van der Waals surface area contributed by atoms with E-state index in [-0.39, 0.29) is 0 Å². The van der Waals surface area contributed by atoms with Gasteiger partial charge in [0.1, 0.15) is 5.75 Å². The number of nitrogens with zero attached hydrogens (tertiary/aromatic N) is 1. The number of benzene rings is 1. The second kappa shape index (κ2) is 4.75. The highest BCUT2D eigenvalue weighted by Crippen LogP contribution is 2.32. The van der Waals surface area contributed by atoms with E-state index in [1.807, 2.05) is 17.5 Å². The highest BCUT2D eigenvalue weighted by molar-refractivity contribution is 7.13. The SMILES string of the molecule is COc1ccc(-c2csc(N)n2)cc1C(C)C. The van der Waals surface area contributed by atoms with Crippen molar-refractivity contribution in [3.63, 3.8) is 0 Å². The first kappa shape index (κ1) is 11.9. The smallest absolute Gasteiger partial charge is 0.180 e. The number of ether oxygens (including phenoxy) is 1. The molecule has 0 radical (unpaired) electrons. The molecule has 0 amide bonds. The molecule has 2 N–H and O–H groups in total. The third kappa shape index (κ3) is 2.42. The number of hydrogen-bond donors (Lipinski definition) is 1. The summed E-state index contributed by atoms with van der Waals surface area (Å²) in [4.78, 5) is 4.29. The Morgan fingerprint density at radius 2 is 2.12 bits per heavy atom. The molecule has 1 aromatic heterocycles. The Morgan fingerprint density at radius 1 is 1.35 bits per heavy atom. The molecule has 0 aliphatic carbocycles. The van der Waals surface area contributed by atoms with Crippen molar-refractivity contribution in [2.45, 2.75) is 19.8 Å². The molecule has 0 saturated carbocycles. The van der Waals surface area contributed by atoms with E-state index in [1.54, 1.807) is 7.11 Å². The van der Waals surface area contributed by atoms with Crippen molar-refractivity contribution in [3.05, 3.63) is 29.1 Å². The number of rotatable bonds is 3. The van der Waals surface area contributed by atoms with E-state index in [4.69, 9.17) is 10.5 Å². The third-order valence-corrected chi connectivity index (χ3v) is 3.34. The van der Waals surface area contributed by atoms with E-state index in [9.17, 15) is 0 Å². The summed E-state index contributed by atoms with van der Waals surface area (Å²) in [5.74, 6) is 1.34. The van der Waals surface area contributed by atoms with Crippen molar-refractivity contribution < 1.29 is 4.74 Å². The number of aromatic nitrogens is 1. The molecular formula is C13H16N2OS. The van der Waals surface area contributed by atoms with Crippen LogP contribution in [0.25, 0.3) is 11.3 Å². The van der Waals surface area contributed by atoms with Crippen LogP contribution < -0.4 is 10.5 Å². The lowest BCUT2D eigenvalue weighted by atomic mass is 9.99. The zero-order valence-electron chi connectivity index (χ0n) is 10.2. The lowest BCUT2D eigenvalue weighted by molar-refractivity contribution is 0.407. The van der Waals surface area contributed by atoms with Crippen molar-refractivity contribution >= 4 is 16.5 Å². The van der Waals surface area contributed by atoms with E-state index in [1.165, 1.54) is 16.9 Å². The molecule has 0 atom stereocenters. The summed E-state index contributed by atoms with van der Waals surface area (Å²) >= 11 is 1.46. The summed E-state index contributed by atoms with van der Waals surface area (Å²) in [6.07, 6.45) is 0. The van der Waals surface area contributed by atoms with Crippen LogP contribution >= 0.6 is 11.3 Å². The zero-order valence-corrected chi connectivity index (χ0v) is 11.0. The first-order chi connectivity index (χ1) is 8.11. The maximum Gasteiger partial charge on any atom is 0.180 e. The molecule has 0 spiro atoms. The monoisotopic (exact) mass is 248 g/mol. The van der Waals surface area contributed by atoms with Crippen LogP contribution in [0.3, 0.4) is 0 Å². The predicted molar refractivity (Wildman–Crippen MR) is 72.6 cm³/mol. The molecule has 0 aliphatic rings. The third-order valence-electron chi connectivity index (χ3n) is 2.67. The molecule has 0 aliphatic heterocycles. The highest BCUT2D eigenvalue weighted by atomic mass is 32.1. The predicted octanol–water partition coefficient (Wildman–Crippen LogP) is 3.52. The van der Waals surface area contributed by atoms with Gasteiger partial charge in [0.25, 0.3) is 0 Å². The Balaban J connectivity index is 2.47.